The van der Waals surface area contributed by atoms with Crippen molar-refractivity contribution in [2.24, 2.45) is 5.10 Å². The maximum absolute atomic E-state index is 4.75. The number of thiazole rings is 1. The number of tetrazole rings is 1. The van der Waals surface area contributed by atoms with Crippen LogP contribution in [0.25, 0.3) is 0 Å². The summed E-state index contributed by atoms with van der Waals surface area (Å²) in [5, 5.41) is 21.4. The zero-order chi connectivity index (χ0) is 20.1. The minimum Gasteiger partial charge on any atom is -0.259 e. The Balaban J connectivity index is 0.000000359. The lowest BCUT2D eigenvalue weighted by molar-refractivity contribution is 0.766. The molecule has 0 atom stereocenters. The van der Waals surface area contributed by atoms with Crippen LogP contribution in [0.4, 0.5) is 10.8 Å². The number of aryl methyl sites for hydroxylation is 2. The average molecular weight is 405 g/mol. The number of hydrogen-bond acceptors (Lipinski definition) is 9. The minimum absolute atomic E-state index is 0.796. The summed E-state index contributed by atoms with van der Waals surface area (Å²) < 4.78 is 0. The Hall–Kier alpha value is -3.79. The van der Waals surface area contributed by atoms with E-state index in [1.165, 1.54) is 11.2 Å². The molecule has 0 fully saturated rings. The molecule has 1 aliphatic heterocycles. The van der Waals surface area contributed by atoms with E-state index in [2.05, 4.69) is 38.0 Å². The monoisotopic (exact) mass is 405 g/mol. The minimum atomic E-state index is 0.796. The van der Waals surface area contributed by atoms with Crippen molar-refractivity contribution in [2.75, 3.05) is 10.2 Å². The highest BCUT2D eigenvalue weighted by Crippen LogP contribution is 2.30. The molecule has 10 heteroatoms. The van der Waals surface area contributed by atoms with E-state index in [9.17, 15) is 0 Å². The van der Waals surface area contributed by atoms with Crippen molar-refractivity contribution < 1.29 is 0 Å². The van der Waals surface area contributed by atoms with Crippen molar-refractivity contribution >= 4 is 28.0 Å². The third kappa shape index (κ3) is 4.22. The SMILES string of the molecule is Cc1nc(N2N=C(c3ccccc3)NN2c2ccccc2)sc1C.c1nnn[nH]1. The molecule has 2 aromatic carbocycles. The number of anilines is 2. The maximum atomic E-state index is 4.75. The molecule has 0 bridgehead atoms. The van der Waals surface area contributed by atoms with Crippen LogP contribution < -0.4 is 15.7 Å². The highest BCUT2D eigenvalue weighted by molar-refractivity contribution is 7.15. The van der Waals surface area contributed by atoms with Gasteiger partial charge in [-0.15, -0.1) is 15.3 Å². The van der Waals surface area contributed by atoms with Gasteiger partial charge in [-0.2, -0.15) is 5.12 Å². The first-order chi connectivity index (χ1) is 14.2. The summed E-state index contributed by atoms with van der Waals surface area (Å²) in [6.45, 7) is 4.10. The van der Waals surface area contributed by atoms with E-state index >= 15 is 0 Å². The summed E-state index contributed by atoms with van der Waals surface area (Å²) in [7, 11) is 0. The number of benzene rings is 2. The highest BCUT2D eigenvalue weighted by Gasteiger charge is 2.28. The van der Waals surface area contributed by atoms with Crippen LogP contribution in [0.15, 0.2) is 72.1 Å². The number of H-pyrrole nitrogens is 1. The molecule has 3 heterocycles. The van der Waals surface area contributed by atoms with E-state index in [-0.39, 0.29) is 0 Å². The molecule has 1 aliphatic rings. The molecular formula is C19H19N9S. The van der Waals surface area contributed by atoms with Crippen molar-refractivity contribution in [1.82, 2.24) is 31.0 Å². The van der Waals surface area contributed by atoms with Gasteiger partial charge in [0.25, 0.3) is 0 Å². The summed E-state index contributed by atoms with van der Waals surface area (Å²) in [5.74, 6) is 0.796. The zero-order valence-electron chi connectivity index (χ0n) is 15.9. The molecule has 0 amide bonds. The molecule has 0 saturated carbocycles. The van der Waals surface area contributed by atoms with Crippen molar-refractivity contribution in [3.8, 4) is 0 Å². The van der Waals surface area contributed by atoms with E-state index in [4.69, 9.17) is 5.10 Å². The van der Waals surface area contributed by atoms with E-state index in [1.54, 1.807) is 11.3 Å². The Kier molecular flexibility index (Phi) is 5.43. The van der Waals surface area contributed by atoms with Gasteiger partial charge in [0.1, 0.15) is 6.33 Å². The van der Waals surface area contributed by atoms with E-state index in [1.807, 2.05) is 77.8 Å². The normalized spacial score (nSPS) is 12.8. The van der Waals surface area contributed by atoms with Crippen LogP contribution in [0.1, 0.15) is 16.1 Å². The Morgan fingerprint density at radius 1 is 0.931 bits per heavy atom. The van der Waals surface area contributed by atoms with Gasteiger partial charge in [0.15, 0.2) is 5.84 Å². The quantitative estimate of drug-likeness (QED) is 0.540. The molecule has 0 aliphatic carbocycles. The van der Waals surface area contributed by atoms with Crippen LogP contribution in [0.3, 0.4) is 0 Å². The number of amidine groups is 1. The number of nitrogens with zero attached hydrogens (tertiary/aromatic N) is 7. The lowest BCUT2D eigenvalue weighted by Gasteiger charge is -2.25. The predicted molar refractivity (Wildman–Crippen MR) is 113 cm³/mol. The summed E-state index contributed by atoms with van der Waals surface area (Å²) in [6.07, 6.45) is 1.40. The second kappa shape index (κ2) is 8.48. The molecule has 146 valence electrons. The second-order valence-electron chi connectivity index (χ2n) is 6.06. The van der Waals surface area contributed by atoms with Gasteiger partial charge in [-0.1, -0.05) is 59.9 Å². The Bertz CT molecular complexity index is 1030. The van der Waals surface area contributed by atoms with Gasteiger partial charge < -0.3 is 0 Å². The molecule has 2 N–H and O–H groups in total. The third-order valence-corrected chi connectivity index (χ3v) is 5.14. The zero-order valence-corrected chi connectivity index (χ0v) is 16.7. The number of hydrazone groups is 1. The smallest absolute Gasteiger partial charge is 0.230 e. The van der Waals surface area contributed by atoms with Crippen LogP contribution in [-0.2, 0) is 0 Å². The molecule has 4 aromatic rings. The third-order valence-electron chi connectivity index (χ3n) is 4.10. The number of rotatable bonds is 3. The largest absolute Gasteiger partial charge is 0.259 e. The van der Waals surface area contributed by atoms with E-state index < -0.39 is 0 Å². The summed E-state index contributed by atoms with van der Waals surface area (Å²) in [4.78, 5) is 5.85. The van der Waals surface area contributed by atoms with Crippen LogP contribution in [0.2, 0.25) is 0 Å². The Morgan fingerprint density at radius 2 is 1.66 bits per heavy atom. The van der Waals surface area contributed by atoms with Gasteiger partial charge in [0.2, 0.25) is 5.13 Å². The van der Waals surface area contributed by atoms with Crippen molar-refractivity contribution in [1.29, 1.82) is 0 Å². The number of para-hydroxylation sites is 1. The molecular weight excluding hydrogens is 386 g/mol. The first-order valence-corrected chi connectivity index (χ1v) is 9.71. The molecule has 0 radical (unpaired) electrons. The molecule has 9 nitrogen and oxygen atoms in total. The van der Waals surface area contributed by atoms with Gasteiger partial charge in [0.05, 0.1) is 11.4 Å². The van der Waals surface area contributed by atoms with Gasteiger partial charge in [0, 0.05) is 10.4 Å². The van der Waals surface area contributed by atoms with Gasteiger partial charge in [-0.25, -0.2) is 10.1 Å². The number of hydrazine groups is 2. The first-order valence-electron chi connectivity index (χ1n) is 8.89. The summed E-state index contributed by atoms with van der Waals surface area (Å²) in [5.41, 5.74) is 6.44. The summed E-state index contributed by atoms with van der Waals surface area (Å²) >= 11 is 1.63. The molecule has 0 spiro atoms. The van der Waals surface area contributed by atoms with Gasteiger partial charge >= 0.3 is 0 Å². The Labute approximate surface area is 171 Å². The second-order valence-corrected chi connectivity index (χ2v) is 7.25. The topological polar surface area (TPSA) is 98.2 Å². The standard InChI is InChI=1S/C18H17N5S.CH2N4/c1-13-14(2)24-18(19-13)23-21-17(15-9-5-3-6-10-15)20-22(23)16-11-7-4-8-12-16;1-2-4-5-3-1/h3-12H,1-2H3,(H,20,21);1H,(H,2,3,4,5). The van der Waals surface area contributed by atoms with Crippen LogP contribution >= 0.6 is 11.3 Å². The van der Waals surface area contributed by atoms with Crippen molar-refractivity contribution in [3.63, 3.8) is 0 Å². The van der Waals surface area contributed by atoms with E-state index in [0.717, 1.165) is 27.9 Å². The summed E-state index contributed by atoms with van der Waals surface area (Å²) in [6, 6.07) is 20.2. The van der Waals surface area contributed by atoms with Crippen molar-refractivity contribution in [3.05, 3.63) is 83.1 Å². The lowest BCUT2D eigenvalue weighted by Crippen LogP contribution is -2.44. The lowest BCUT2D eigenvalue weighted by atomic mass is 10.2. The number of aromatic amines is 1. The van der Waals surface area contributed by atoms with Gasteiger partial charge in [-0.05, 0) is 36.4 Å². The number of hydrogen-bond donors (Lipinski definition) is 2. The molecule has 0 saturated heterocycles. The number of aromatic nitrogens is 5. The molecule has 2 aromatic heterocycles. The maximum Gasteiger partial charge on any atom is 0.230 e. The van der Waals surface area contributed by atoms with Crippen LogP contribution in [0, 0.1) is 13.8 Å². The van der Waals surface area contributed by atoms with Crippen LogP contribution in [0.5, 0.6) is 0 Å². The predicted octanol–water partition coefficient (Wildman–Crippen LogP) is 3.07. The molecule has 29 heavy (non-hydrogen) atoms. The van der Waals surface area contributed by atoms with Crippen LogP contribution in [-0.4, -0.2) is 31.4 Å². The molecule has 5 rings (SSSR count). The fourth-order valence-electron chi connectivity index (χ4n) is 2.57. The first kappa shape index (κ1) is 18.6. The number of nitrogens with one attached hydrogen (secondary N) is 2. The fourth-order valence-corrected chi connectivity index (χ4v) is 3.42. The average Bonchev–Trinajstić information content (AvgIpc) is 3.52. The molecule has 0 unspecified atom stereocenters. The highest BCUT2D eigenvalue weighted by atomic mass is 32.1. The van der Waals surface area contributed by atoms with E-state index in [0.29, 0.717) is 0 Å². The van der Waals surface area contributed by atoms with Crippen molar-refractivity contribution in [2.45, 2.75) is 13.8 Å². The van der Waals surface area contributed by atoms with Gasteiger partial charge in [-0.3, -0.25) is 5.43 Å². The fraction of sp³-hybridized carbons (Fsp3) is 0.105. The Morgan fingerprint density at radius 3 is 2.21 bits per heavy atom.